The van der Waals surface area contributed by atoms with Crippen molar-refractivity contribution in [3.05, 3.63) is 59.2 Å². The lowest BCUT2D eigenvalue weighted by molar-refractivity contribution is -0.137. The highest BCUT2D eigenvalue weighted by atomic mass is 32.1. The Morgan fingerprint density at radius 3 is 2.47 bits per heavy atom. The van der Waals surface area contributed by atoms with E-state index in [9.17, 15) is 18.0 Å². The number of ether oxygens (including phenoxy) is 1. The van der Waals surface area contributed by atoms with Gasteiger partial charge in [-0.1, -0.05) is 0 Å². The second-order valence-corrected chi connectivity index (χ2v) is 8.26. The molecule has 1 aliphatic heterocycles. The SMILES string of the molecule is COc1ccc(-c2nc(C(=O)NC3CCN(c4ccc(C(F)(F)F)cn4)CC3)cs2)cc1. The summed E-state index contributed by atoms with van der Waals surface area (Å²) in [7, 11) is 1.60. The van der Waals surface area contributed by atoms with Crippen LogP contribution < -0.4 is 15.0 Å². The van der Waals surface area contributed by atoms with Crippen molar-refractivity contribution in [3.63, 3.8) is 0 Å². The van der Waals surface area contributed by atoms with E-state index in [1.54, 1.807) is 12.5 Å². The number of aromatic nitrogens is 2. The Hall–Kier alpha value is -3.14. The Morgan fingerprint density at radius 2 is 1.88 bits per heavy atom. The van der Waals surface area contributed by atoms with Crippen molar-refractivity contribution in [1.82, 2.24) is 15.3 Å². The first-order valence-electron chi connectivity index (χ1n) is 10.0. The van der Waals surface area contributed by atoms with Gasteiger partial charge in [-0.05, 0) is 49.2 Å². The van der Waals surface area contributed by atoms with Crippen LogP contribution >= 0.6 is 11.3 Å². The summed E-state index contributed by atoms with van der Waals surface area (Å²) in [6.45, 7) is 1.19. The van der Waals surface area contributed by atoms with Gasteiger partial charge in [0.1, 0.15) is 22.3 Å². The minimum atomic E-state index is -4.40. The highest BCUT2D eigenvalue weighted by Gasteiger charge is 2.31. The number of benzene rings is 1. The second kappa shape index (κ2) is 9.15. The fourth-order valence-corrected chi connectivity index (χ4v) is 4.30. The van der Waals surface area contributed by atoms with Crippen LogP contribution in [0.25, 0.3) is 10.6 Å². The number of amides is 1. The monoisotopic (exact) mass is 462 g/mol. The van der Waals surface area contributed by atoms with E-state index in [2.05, 4.69) is 15.3 Å². The molecular weight excluding hydrogens is 441 g/mol. The lowest BCUT2D eigenvalue weighted by Crippen LogP contribution is -2.45. The molecule has 0 atom stereocenters. The van der Waals surface area contributed by atoms with Crippen molar-refractivity contribution >= 4 is 23.1 Å². The number of hydrogen-bond donors (Lipinski definition) is 1. The van der Waals surface area contributed by atoms with Crippen LogP contribution in [-0.2, 0) is 6.18 Å². The van der Waals surface area contributed by atoms with Gasteiger partial charge in [0.2, 0.25) is 0 Å². The normalized spacial score (nSPS) is 14.9. The van der Waals surface area contributed by atoms with Gasteiger partial charge in [0, 0.05) is 36.3 Å². The number of nitrogens with one attached hydrogen (secondary N) is 1. The zero-order chi connectivity index (χ0) is 22.7. The molecule has 4 rings (SSSR count). The summed E-state index contributed by atoms with van der Waals surface area (Å²) in [6.07, 6.45) is -2.20. The molecule has 1 saturated heterocycles. The van der Waals surface area contributed by atoms with Crippen molar-refractivity contribution in [2.75, 3.05) is 25.1 Å². The lowest BCUT2D eigenvalue weighted by atomic mass is 10.0. The summed E-state index contributed by atoms with van der Waals surface area (Å²) >= 11 is 1.40. The number of pyridine rings is 1. The average Bonchev–Trinajstić information content (AvgIpc) is 3.30. The molecule has 1 amide bonds. The van der Waals surface area contributed by atoms with Crippen molar-refractivity contribution in [2.45, 2.75) is 25.1 Å². The lowest BCUT2D eigenvalue weighted by Gasteiger charge is -2.33. The molecule has 1 aromatic carbocycles. The van der Waals surface area contributed by atoms with E-state index in [4.69, 9.17) is 4.74 Å². The average molecular weight is 462 g/mol. The number of halogens is 3. The first-order valence-corrected chi connectivity index (χ1v) is 10.9. The molecular formula is C22H21F3N4O2S. The van der Waals surface area contributed by atoms with Crippen molar-refractivity contribution in [1.29, 1.82) is 0 Å². The molecule has 2 aromatic heterocycles. The van der Waals surface area contributed by atoms with Gasteiger partial charge in [-0.3, -0.25) is 4.79 Å². The van der Waals surface area contributed by atoms with E-state index in [0.717, 1.165) is 28.6 Å². The van der Waals surface area contributed by atoms with E-state index in [1.165, 1.54) is 17.4 Å². The smallest absolute Gasteiger partial charge is 0.417 e. The fourth-order valence-electron chi connectivity index (χ4n) is 3.50. The molecule has 168 valence electrons. The van der Waals surface area contributed by atoms with E-state index in [0.29, 0.717) is 37.4 Å². The van der Waals surface area contributed by atoms with Gasteiger partial charge in [-0.25, -0.2) is 9.97 Å². The molecule has 1 fully saturated rings. The zero-order valence-corrected chi connectivity index (χ0v) is 18.0. The molecule has 32 heavy (non-hydrogen) atoms. The number of alkyl halides is 3. The maximum absolute atomic E-state index is 12.7. The highest BCUT2D eigenvalue weighted by molar-refractivity contribution is 7.13. The van der Waals surface area contributed by atoms with Crippen LogP contribution in [0, 0.1) is 0 Å². The Balaban J connectivity index is 1.31. The Labute approximate surface area is 187 Å². The number of nitrogens with zero attached hydrogens (tertiary/aromatic N) is 3. The van der Waals surface area contributed by atoms with Crippen LogP contribution in [-0.4, -0.2) is 42.1 Å². The molecule has 0 spiro atoms. The zero-order valence-electron chi connectivity index (χ0n) is 17.2. The van der Waals surface area contributed by atoms with Gasteiger partial charge in [0.15, 0.2) is 0 Å². The fraction of sp³-hybridized carbons (Fsp3) is 0.318. The molecule has 3 aromatic rings. The maximum Gasteiger partial charge on any atom is 0.417 e. The molecule has 0 bridgehead atoms. The number of hydrogen-bond acceptors (Lipinski definition) is 6. The van der Waals surface area contributed by atoms with Crippen molar-refractivity contribution < 1.29 is 22.7 Å². The third-order valence-corrected chi connectivity index (χ3v) is 6.19. The summed E-state index contributed by atoms with van der Waals surface area (Å²) in [5.41, 5.74) is 0.514. The number of thiazole rings is 1. The molecule has 0 aliphatic carbocycles. The third kappa shape index (κ3) is 5.01. The first-order chi connectivity index (χ1) is 15.3. The summed E-state index contributed by atoms with van der Waals surface area (Å²) < 4.78 is 43.3. The van der Waals surface area contributed by atoms with Gasteiger partial charge in [0.25, 0.3) is 5.91 Å². The van der Waals surface area contributed by atoms with Gasteiger partial charge in [-0.2, -0.15) is 13.2 Å². The van der Waals surface area contributed by atoms with Crippen molar-refractivity contribution in [2.24, 2.45) is 0 Å². The number of carbonyl (C=O) groups is 1. The quantitative estimate of drug-likeness (QED) is 0.599. The van der Waals surface area contributed by atoms with Crippen LogP contribution in [0.1, 0.15) is 28.9 Å². The predicted octanol–water partition coefficient (Wildman–Crippen LogP) is 4.63. The summed E-state index contributed by atoms with van der Waals surface area (Å²) in [5, 5.41) is 5.49. The van der Waals surface area contributed by atoms with E-state index < -0.39 is 11.7 Å². The van der Waals surface area contributed by atoms with Crippen LogP contribution in [0.2, 0.25) is 0 Å². The Morgan fingerprint density at radius 1 is 1.16 bits per heavy atom. The Bertz CT molecular complexity index is 1060. The van der Waals surface area contributed by atoms with Gasteiger partial charge < -0.3 is 15.0 Å². The first kappa shape index (κ1) is 22.1. The molecule has 1 N–H and O–H groups in total. The third-order valence-electron chi connectivity index (χ3n) is 5.30. The summed E-state index contributed by atoms with van der Waals surface area (Å²) in [4.78, 5) is 22.9. The number of carbonyl (C=O) groups excluding carboxylic acids is 1. The van der Waals surface area contributed by atoms with Gasteiger partial charge in [0.05, 0.1) is 12.7 Å². The molecule has 10 heteroatoms. The summed E-state index contributed by atoms with van der Waals surface area (Å²) in [5.74, 6) is 1.03. The predicted molar refractivity (Wildman–Crippen MR) is 116 cm³/mol. The van der Waals surface area contributed by atoms with Crippen LogP contribution in [0.15, 0.2) is 48.0 Å². The van der Waals surface area contributed by atoms with E-state index in [-0.39, 0.29) is 11.9 Å². The van der Waals surface area contributed by atoms with Crippen LogP contribution in [0.5, 0.6) is 5.75 Å². The molecule has 0 unspecified atom stereocenters. The molecule has 0 saturated carbocycles. The van der Waals surface area contributed by atoms with E-state index >= 15 is 0 Å². The number of piperidine rings is 1. The number of rotatable bonds is 5. The van der Waals surface area contributed by atoms with Crippen LogP contribution in [0.3, 0.4) is 0 Å². The summed E-state index contributed by atoms with van der Waals surface area (Å²) in [6, 6.07) is 9.87. The van der Waals surface area contributed by atoms with Gasteiger partial charge >= 0.3 is 6.18 Å². The molecule has 0 radical (unpaired) electrons. The Kier molecular flexibility index (Phi) is 6.31. The topological polar surface area (TPSA) is 67.3 Å². The number of methoxy groups -OCH3 is 1. The van der Waals surface area contributed by atoms with Gasteiger partial charge in [-0.15, -0.1) is 11.3 Å². The molecule has 1 aliphatic rings. The minimum Gasteiger partial charge on any atom is -0.497 e. The minimum absolute atomic E-state index is 0.0284. The second-order valence-electron chi connectivity index (χ2n) is 7.40. The maximum atomic E-state index is 12.7. The highest BCUT2D eigenvalue weighted by Crippen LogP contribution is 2.30. The molecule has 6 nitrogen and oxygen atoms in total. The van der Waals surface area contributed by atoms with E-state index in [1.807, 2.05) is 29.2 Å². The number of anilines is 1. The van der Waals surface area contributed by atoms with Crippen molar-refractivity contribution in [3.8, 4) is 16.3 Å². The molecule has 3 heterocycles. The largest absolute Gasteiger partial charge is 0.497 e. The standard InChI is InChI=1S/C22H21F3N4O2S/c1-31-17-5-2-14(3-6-17)21-28-18(13-32-21)20(30)27-16-8-10-29(11-9-16)19-7-4-15(12-26-19)22(23,24)25/h2-7,12-13,16H,8-11H2,1H3,(H,27,30). The van der Waals surface area contributed by atoms with Crippen LogP contribution in [0.4, 0.5) is 19.0 Å².